The van der Waals surface area contributed by atoms with Crippen molar-refractivity contribution in [2.24, 2.45) is 0 Å². The van der Waals surface area contributed by atoms with Crippen molar-refractivity contribution in [1.29, 1.82) is 0 Å². The number of rotatable bonds is 6. The van der Waals surface area contributed by atoms with Crippen molar-refractivity contribution in [2.45, 2.75) is 63.1 Å². The van der Waals surface area contributed by atoms with Crippen LogP contribution in [0.15, 0.2) is 40.6 Å². The number of hydrogen-bond acceptors (Lipinski definition) is 5. The maximum absolute atomic E-state index is 13.1. The fourth-order valence-corrected chi connectivity index (χ4v) is 7.48. The van der Waals surface area contributed by atoms with Gasteiger partial charge in [0.05, 0.1) is 22.5 Å². The van der Waals surface area contributed by atoms with Gasteiger partial charge in [0.15, 0.2) is 0 Å². The van der Waals surface area contributed by atoms with Gasteiger partial charge in [-0.1, -0.05) is 12.5 Å². The lowest BCUT2D eigenvalue weighted by Gasteiger charge is -2.25. The maximum Gasteiger partial charge on any atom is 0.243 e. The van der Waals surface area contributed by atoms with Crippen molar-refractivity contribution in [3.05, 3.63) is 46.4 Å². The molecule has 0 unspecified atom stereocenters. The van der Waals surface area contributed by atoms with E-state index in [1.165, 1.54) is 17.7 Å². The topological polar surface area (TPSA) is 58.4 Å². The largest absolute Gasteiger partial charge is 0.327 e. The van der Waals surface area contributed by atoms with E-state index in [1.807, 2.05) is 17.4 Å². The Kier molecular flexibility index (Phi) is 5.90. The second kappa shape index (κ2) is 8.65. The number of sulfonamides is 1. The molecule has 0 amide bonds. The van der Waals surface area contributed by atoms with Gasteiger partial charge in [0, 0.05) is 30.6 Å². The van der Waals surface area contributed by atoms with Gasteiger partial charge in [-0.05, 0) is 68.8 Å². The predicted molar refractivity (Wildman–Crippen MR) is 125 cm³/mol. The summed E-state index contributed by atoms with van der Waals surface area (Å²) in [6, 6.07) is 10.3. The minimum atomic E-state index is -3.45. The van der Waals surface area contributed by atoms with E-state index in [-0.39, 0.29) is 0 Å². The van der Waals surface area contributed by atoms with Crippen LogP contribution >= 0.6 is 11.3 Å². The summed E-state index contributed by atoms with van der Waals surface area (Å²) in [5.74, 6) is 1.02. The predicted octanol–water partition coefficient (Wildman–Crippen LogP) is 4.63. The molecule has 2 aliphatic rings. The van der Waals surface area contributed by atoms with Crippen LogP contribution in [0.2, 0.25) is 0 Å². The van der Waals surface area contributed by atoms with Crippen LogP contribution in [0.4, 0.5) is 0 Å². The van der Waals surface area contributed by atoms with Crippen molar-refractivity contribution < 1.29 is 8.42 Å². The van der Waals surface area contributed by atoms with Gasteiger partial charge < -0.3 is 4.57 Å². The second-order valence-corrected chi connectivity index (χ2v) is 11.4. The molecule has 31 heavy (non-hydrogen) atoms. The number of thiophene rings is 1. The quantitative estimate of drug-likeness (QED) is 0.540. The zero-order valence-electron chi connectivity index (χ0n) is 18.0. The van der Waals surface area contributed by atoms with Crippen LogP contribution in [0.25, 0.3) is 11.0 Å². The van der Waals surface area contributed by atoms with Crippen LogP contribution in [0.1, 0.15) is 55.8 Å². The molecule has 6 nitrogen and oxygen atoms in total. The minimum absolute atomic E-state index is 0.367. The molecule has 0 saturated carbocycles. The first-order valence-electron chi connectivity index (χ1n) is 11.3. The van der Waals surface area contributed by atoms with E-state index < -0.39 is 10.0 Å². The number of benzene rings is 1. The van der Waals surface area contributed by atoms with Crippen LogP contribution < -0.4 is 0 Å². The number of piperidine rings is 1. The molecule has 0 N–H and O–H groups in total. The van der Waals surface area contributed by atoms with Gasteiger partial charge in [-0.25, -0.2) is 13.4 Å². The second-order valence-electron chi connectivity index (χ2n) is 8.53. The lowest BCUT2D eigenvalue weighted by molar-refractivity contribution is 0.242. The highest BCUT2D eigenvalue weighted by atomic mass is 32.2. The number of fused-ring (bicyclic) bond motifs is 1. The van der Waals surface area contributed by atoms with Crippen LogP contribution in [0.5, 0.6) is 0 Å². The van der Waals surface area contributed by atoms with Gasteiger partial charge in [0.1, 0.15) is 5.82 Å². The van der Waals surface area contributed by atoms with Crippen molar-refractivity contribution in [3.8, 4) is 0 Å². The molecule has 2 fully saturated rings. The van der Waals surface area contributed by atoms with Crippen LogP contribution in [0.3, 0.4) is 0 Å². The molecule has 4 heterocycles. The van der Waals surface area contributed by atoms with Gasteiger partial charge in [0.2, 0.25) is 10.0 Å². The summed E-state index contributed by atoms with van der Waals surface area (Å²) >= 11 is 1.83. The van der Waals surface area contributed by atoms with Crippen molar-refractivity contribution in [2.75, 3.05) is 19.6 Å². The van der Waals surface area contributed by atoms with Gasteiger partial charge >= 0.3 is 0 Å². The molecule has 2 saturated heterocycles. The van der Waals surface area contributed by atoms with E-state index in [4.69, 9.17) is 4.98 Å². The summed E-state index contributed by atoms with van der Waals surface area (Å²) in [6.45, 7) is 6.05. The Morgan fingerprint density at radius 1 is 1.10 bits per heavy atom. The molecule has 0 bridgehead atoms. The smallest absolute Gasteiger partial charge is 0.243 e. The van der Waals surface area contributed by atoms with E-state index in [1.54, 1.807) is 16.4 Å². The third-order valence-corrected chi connectivity index (χ3v) is 9.52. The number of nitrogens with zero attached hydrogens (tertiary/aromatic N) is 4. The van der Waals surface area contributed by atoms with Crippen molar-refractivity contribution in [3.63, 3.8) is 0 Å². The fourth-order valence-electron chi connectivity index (χ4n) is 5.05. The highest BCUT2D eigenvalue weighted by Crippen LogP contribution is 2.36. The zero-order chi connectivity index (χ0) is 21.4. The molecule has 0 aliphatic carbocycles. The summed E-state index contributed by atoms with van der Waals surface area (Å²) in [4.78, 5) is 9.23. The average molecular weight is 459 g/mol. The molecule has 0 radical (unpaired) electrons. The highest BCUT2D eigenvalue weighted by molar-refractivity contribution is 7.89. The Balaban J connectivity index is 1.46. The van der Waals surface area contributed by atoms with E-state index in [9.17, 15) is 8.42 Å². The van der Waals surface area contributed by atoms with E-state index in [0.29, 0.717) is 24.0 Å². The summed E-state index contributed by atoms with van der Waals surface area (Å²) in [7, 11) is -3.45. The standard InChI is InChI=1S/C23H30N4O2S2/c1-2-27-20-11-10-18(31(28,29)26-13-4-3-5-14-26)16-19(20)24-23(27)17-25-12-6-8-21(25)22-9-7-15-30-22/h7,9-11,15-16,21H,2-6,8,12-14,17H2,1H3/t21-/m0/s1. The Bertz CT molecular complexity index is 1150. The first-order chi connectivity index (χ1) is 15.1. The highest BCUT2D eigenvalue weighted by Gasteiger charge is 2.29. The van der Waals surface area contributed by atoms with Crippen LogP contribution in [0, 0.1) is 0 Å². The molecular formula is C23H30N4O2S2. The summed E-state index contributed by atoms with van der Waals surface area (Å²) < 4.78 is 30.1. The van der Waals surface area contributed by atoms with E-state index in [2.05, 4.69) is 33.9 Å². The maximum atomic E-state index is 13.1. The first-order valence-corrected chi connectivity index (χ1v) is 13.7. The van der Waals surface area contributed by atoms with Gasteiger partial charge in [-0.3, -0.25) is 4.90 Å². The molecule has 3 aromatic rings. The van der Waals surface area contributed by atoms with Gasteiger partial charge in [0.25, 0.3) is 0 Å². The normalized spacial score (nSPS) is 21.3. The fraction of sp³-hybridized carbons (Fsp3) is 0.522. The number of imidazole rings is 1. The number of aromatic nitrogens is 2. The molecule has 2 aliphatic heterocycles. The number of hydrogen-bond donors (Lipinski definition) is 0. The van der Waals surface area contributed by atoms with Crippen molar-refractivity contribution >= 4 is 32.4 Å². The van der Waals surface area contributed by atoms with Crippen LogP contribution in [-0.4, -0.2) is 46.8 Å². The SMILES string of the molecule is CCn1c(CN2CCC[C@H]2c2cccs2)nc2cc(S(=O)(=O)N3CCCCC3)ccc21. The molecule has 0 spiro atoms. The molecule has 5 rings (SSSR count). The molecular weight excluding hydrogens is 428 g/mol. The summed E-state index contributed by atoms with van der Waals surface area (Å²) in [5.41, 5.74) is 1.80. The first kappa shape index (κ1) is 21.1. The van der Waals surface area contributed by atoms with E-state index in [0.717, 1.165) is 55.8 Å². The number of aryl methyl sites for hydroxylation is 1. The summed E-state index contributed by atoms with van der Waals surface area (Å²) in [5, 5.41) is 2.15. The third kappa shape index (κ3) is 3.95. The third-order valence-electron chi connectivity index (χ3n) is 6.65. The average Bonchev–Trinajstić information content (AvgIpc) is 3.53. The molecule has 2 aromatic heterocycles. The van der Waals surface area contributed by atoms with Gasteiger partial charge in [-0.2, -0.15) is 4.31 Å². The lowest BCUT2D eigenvalue weighted by atomic mass is 10.2. The molecule has 166 valence electrons. The van der Waals surface area contributed by atoms with Crippen molar-refractivity contribution in [1.82, 2.24) is 18.8 Å². The zero-order valence-corrected chi connectivity index (χ0v) is 19.7. The van der Waals surface area contributed by atoms with E-state index >= 15 is 0 Å². The summed E-state index contributed by atoms with van der Waals surface area (Å²) in [6.07, 6.45) is 5.38. The number of likely N-dealkylation sites (tertiary alicyclic amines) is 1. The Labute approximate surface area is 188 Å². The Hall–Kier alpha value is -1.74. The van der Waals surface area contributed by atoms with Gasteiger partial charge in [-0.15, -0.1) is 11.3 Å². The Morgan fingerprint density at radius 2 is 1.94 bits per heavy atom. The molecule has 1 atom stereocenters. The molecule has 8 heteroatoms. The van der Waals surface area contributed by atoms with Crippen LogP contribution in [-0.2, 0) is 23.1 Å². The Morgan fingerprint density at radius 3 is 2.68 bits per heavy atom. The monoisotopic (exact) mass is 458 g/mol. The minimum Gasteiger partial charge on any atom is -0.327 e. The molecule has 1 aromatic carbocycles. The lowest BCUT2D eigenvalue weighted by Crippen LogP contribution is -2.35.